The number of ether oxygens (including phenoxy) is 1. The van der Waals surface area contributed by atoms with E-state index in [4.69, 9.17) is 16.3 Å². The number of carboxylic acid groups (broad SMARTS) is 1. The van der Waals surface area contributed by atoms with Crippen LogP contribution in [0.4, 0.5) is 5.69 Å². The number of nitrogens with zero attached hydrogens (tertiary/aromatic N) is 1. The van der Waals surface area contributed by atoms with Gasteiger partial charge in [-0.25, -0.2) is 0 Å². The van der Waals surface area contributed by atoms with Gasteiger partial charge in [0.2, 0.25) is 0 Å². The first-order valence-electron chi connectivity index (χ1n) is 9.17. The van der Waals surface area contributed by atoms with Gasteiger partial charge in [0.1, 0.15) is 24.0 Å². The Morgan fingerprint density at radius 1 is 1.06 bits per heavy atom. The lowest BCUT2D eigenvalue weighted by Gasteiger charge is -2.09. The molecule has 3 rings (SSSR count). The van der Waals surface area contributed by atoms with Crippen LogP contribution in [0.3, 0.4) is 0 Å². The Hall–Kier alpha value is -4.08. The molecule has 0 aliphatic carbocycles. The largest absolute Gasteiger partial charge is 0.545 e. The first-order valence-corrected chi connectivity index (χ1v) is 9.55. The van der Waals surface area contributed by atoms with E-state index in [0.717, 1.165) is 5.56 Å². The van der Waals surface area contributed by atoms with Crippen molar-refractivity contribution in [2.75, 3.05) is 5.32 Å². The summed E-state index contributed by atoms with van der Waals surface area (Å²) in [7, 11) is 0. The molecular formula is C24H16ClN2O4-. The highest BCUT2D eigenvalue weighted by Crippen LogP contribution is 2.21. The lowest BCUT2D eigenvalue weighted by atomic mass is 10.1. The Balaban J connectivity index is 1.73. The van der Waals surface area contributed by atoms with Crippen LogP contribution < -0.4 is 15.2 Å². The van der Waals surface area contributed by atoms with Gasteiger partial charge in [-0.2, -0.15) is 5.26 Å². The standard InChI is InChI=1S/C24H17ClN2O4/c25-22-10-2-1-6-18(22)15-31-21-9-3-5-16(12-21)11-19(14-26)23(28)27-20-8-4-7-17(13-20)24(29)30/h1-13H,15H2,(H,27,28)(H,29,30)/p-1/b19-11+. The summed E-state index contributed by atoms with van der Waals surface area (Å²) in [5, 5.41) is 23.5. The van der Waals surface area contributed by atoms with Gasteiger partial charge in [-0.05, 0) is 47.5 Å². The highest BCUT2D eigenvalue weighted by Gasteiger charge is 2.10. The fourth-order valence-corrected chi connectivity index (χ4v) is 2.90. The van der Waals surface area contributed by atoms with Crippen LogP contribution in [-0.4, -0.2) is 11.9 Å². The molecule has 7 heteroatoms. The van der Waals surface area contributed by atoms with Crippen molar-refractivity contribution in [2.24, 2.45) is 0 Å². The minimum absolute atomic E-state index is 0.0799. The van der Waals surface area contributed by atoms with Gasteiger partial charge in [-0.15, -0.1) is 0 Å². The zero-order valence-electron chi connectivity index (χ0n) is 16.2. The van der Waals surface area contributed by atoms with Crippen molar-refractivity contribution in [1.82, 2.24) is 0 Å². The maximum absolute atomic E-state index is 12.5. The minimum atomic E-state index is -1.36. The van der Waals surface area contributed by atoms with Crippen LogP contribution in [0.5, 0.6) is 5.75 Å². The molecule has 0 unspecified atom stereocenters. The van der Waals surface area contributed by atoms with E-state index in [1.165, 1.54) is 30.3 Å². The third-order valence-electron chi connectivity index (χ3n) is 4.24. The van der Waals surface area contributed by atoms with Crippen LogP contribution in [-0.2, 0) is 11.4 Å². The number of carbonyl (C=O) groups excluding carboxylic acids is 2. The normalized spacial score (nSPS) is 10.8. The molecule has 0 aromatic heterocycles. The van der Waals surface area contributed by atoms with Crippen molar-refractivity contribution in [3.8, 4) is 11.8 Å². The molecule has 0 atom stereocenters. The summed E-state index contributed by atoms with van der Waals surface area (Å²) >= 11 is 6.13. The molecule has 0 bridgehead atoms. The summed E-state index contributed by atoms with van der Waals surface area (Å²) in [6.45, 7) is 0.271. The number of carbonyl (C=O) groups is 2. The summed E-state index contributed by atoms with van der Waals surface area (Å²) in [6, 6.07) is 21.7. The monoisotopic (exact) mass is 431 g/mol. The molecule has 0 spiro atoms. The van der Waals surface area contributed by atoms with Crippen LogP contribution in [0.15, 0.2) is 78.4 Å². The molecule has 6 nitrogen and oxygen atoms in total. The maximum Gasteiger partial charge on any atom is 0.266 e. The fraction of sp³-hybridized carbons (Fsp3) is 0.0417. The minimum Gasteiger partial charge on any atom is -0.545 e. The van der Waals surface area contributed by atoms with E-state index < -0.39 is 11.9 Å². The number of nitriles is 1. The van der Waals surface area contributed by atoms with Crippen molar-refractivity contribution < 1.29 is 19.4 Å². The van der Waals surface area contributed by atoms with Gasteiger partial charge in [0, 0.05) is 16.3 Å². The van der Waals surface area contributed by atoms with Crippen molar-refractivity contribution in [3.63, 3.8) is 0 Å². The quantitative estimate of drug-likeness (QED) is 0.452. The van der Waals surface area contributed by atoms with Gasteiger partial charge >= 0.3 is 0 Å². The zero-order valence-corrected chi connectivity index (χ0v) is 16.9. The first kappa shape index (κ1) is 21.6. The van der Waals surface area contributed by atoms with Crippen LogP contribution in [0, 0.1) is 11.3 Å². The number of benzene rings is 3. The Morgan fingerprint density at radius 2 is 1.84 bits per heavy atom. The summed E-state index contributed by atoms with van der Waals surface area (Å²) in [4.78, 5) is 23.4. The number of amides is 1. The average molecular weight is 432 g/mol. The van der Waals surface area contributed by atoms with E-state index in [1.807, 2.05) is 24.3 Å². The predicted molar refractivity (Wildman–Crippen MR) is 115 cm³/mol. The van der Waals surface area contributed by atoms with E-state index in [1.54, 1.807) is 30.3 Å². The summed E-state index contributed by atoms with van der Waals surface area (Å²) in [5.41, 5.74) is 1.43. The molecule has 0 saturated heterocycles. The molecular weight excluding hydrogens is 416 g/mol. The fourth-order valence-electron chi connectivity index (χ4n) is 2.71. The molecule has 0 heterocycles. The number of aromatic carboxylic acids is 1. The first-order chi connectivity index (χ1) is 15.0. The molecule has 0 aliphatic rings. The Bertz CT molecular complexity index is 1200. The van der Waals surface area contributed by atoms with Crippen LogP contribution in [0.2, 0.25) is 5.02 Å². The topological polar surface area (TPSA) is 102 Å². The molecule has 0 fully saturated rings. The molecule has 0 radical (unpaired) electrons. The molecule has 0 saturated carbocycles. The van der Waals surface area contributed by atoms with E-state index in [2.05, 4.69) is 5.32 Å². The van der Waals surface area contributed by atoms with Gasteiger partial charge in [-0.3, -0.25) is 4.79 Å². The lowest BCUT2D eigenvalue weighted by Crippen LogP contribution is -2.22. The Labute approximate surface area is 184 Å². The number of rotatable bonds is 7. The van der Waals surface area contributed by atoms with E-state index in [9.17, 15) is 20.0 Å². The van der Waals surface area contributed by atoms with E-state index in [0.29, 0.717) is 16.3 Å². The number of carboxylic acids is 1. The second-order valence-electron chi connectivity index (χ2n) is 6.44. The van der Waals surface area contributed by atoms with E-state index in [-0.39, 0.29) is 23.4 Å². The zero-order chi connectivity index (χ0) is 22.2. The van der Waals surface area contributed by atoms with Gasteiger partial charge < -0.3 is 20.0 Å². The highest BCUT2D eigenvalue weighted by atomic mass is 35.5. The summed E-state index contributed by atoms with van der Waals surface area (Å²) in [6.07, 6.45) is 1.42. The molecule has 154 valence electrons. The Kier molecular flexibility index (Phi) is 7.05. The van der Waals surface area contributed by atoms with Crippen molar-refractivity contribution in [1.29, 1.82) is 5.26 Å². The lowest BCUT2D eigenvalue weighted by molar-refractivity contribution is -0.255. The number of anilines is 1. The second kappa shape index (κ2) is 10.1. The molecule has 31 heavy (non-hydrogen) atoms. The third-order valence-corrected chi connectivity index (χ3v) is 4.61. The number of hydrogen-bond donors (Lipinski definition) is 1. The molecule has 3 aromatic carbocycles. The van der Waals surface area contributed by atoms with Gasteiger partial charge in [0.25, 0.3) is 5.91 Å². The predicted octanol–water partition coefficient (Wildman–Crippen LogP) is 3.83. The van der Waals surface area contributed by atoms with Crippen molar-refractivity contribution >= 4 is 35.2 Å². The maximum atomic E-state index is 12.5. The van der Waals surface area contributed by atoms with Crippen molar-refractivity contribution in [3.05, 3.63) is 100 Å². The van der Waals surface area contributed by atoms with Crippen LogP contribution >= 0.6 is 11.6 Å². The number of halogens is 1. The van der Waals surface area contributed by atoms with Gasteiger partial charge in [-0.1, -0.05) is 54.1 Å². The van der Waals surface area contributed by atoms with Crippen LogP contribution in [0.25, 0.3) is 6.08 Å². The molecule has 0 aliphatic heterocycles. The molecule has 3 aromatic rings. The van der Waals surface area contributed by atoms with Gasteiger partial charge in [0.05, 0.1) is 5.97 Å². The number of hydrogen-bond acceptors (Lipinski definition) is 5. The second-order valence-corrected chi connectivity index (χ2v) is 6.85. The Morgan fingerprint density at radius 3 is 2.58 bits per heavy atom. The molecule has 1 N–H and O–H groups in total. The summed E-state index contributed by atoms with van der Waals surface area (Å²) in [5.74, 6) is -1.48. The summed E-state index contributed by atoms with van der Waals surface area (Å²) < 4.78 is 5.76. The average Bonchev–Trinajstić information content (AvgIpc) is 2.77. The van der Waals surface area contributed by atoms with Gasteiger partial charge in [0.15, 0.2) is 0 Å². The van der Waals surface area contributed by atoms with E-state index >= 15 is 0 Å². The SMILES string of the molecule is N#C/C(=C\c1cccc(OCc2ccccc2Cl)c1)C(=O)Nc1cccc(C(=O)[O-])c1. The van der Waals surface area contributed by atoms with Crippen molar-refractivity contribution in [2.45, 2.75) is 6.61 Å². The number of nitrogens with one attached hydrogen (secondary N) is 1. The smallest absolute Gasteiger partial charge is 0.266 e. The molecule has 1 amide bonds. The van der Waals surface area contributed by atoms with Crippen LogP contribution in [0.1, 0.15) is 21.5 Å². The third kappa shape index (κ3) is 5.95. The highest BCUT2D eigenvalue weighted by molar-refractivity contribution is 6.31.